The zero-order valence-corrected chi connectivity index (χ0v) is 15.0. The number of unbranched alkanes of at least 4 members (excludes halogenated alkanes) is 10. The Balaban J connectivity index is 3.74. The maximum Gasteiger partial charge on any atom is 0.113 e. The first-order valence-electron chi connectivity index (χ1n) is 9.53. The van der Waals surface area contributed by atoms with Crippen LogP contribution in [0.25, 0.3) is 0 Å². The highest BCUT2D eigenvalue weighted by molar-refractivity contribution is 4.76. The Kier molecular flexibility index (Phi) is 13.5. The van der Waals surface area contributed by atoms with Gasteiger partial charge in [-0.15, -0.1) is 0 Å². The van der Waals surface area contributed by atoms with E-state index in [1.807, 2.05) is 0 Å². The highest BCUT2D eigenvalue weighted by Crippen LogP contribution is 2.25. The van der Waals surface area contributed by atoms with Crippen molar-refractivity contribution in [2.45, 2.75) is 116 Å². The van der Waals surface area contributed by atoms with Crippen LogP contribution in [0.5, 0.6) is 0 Å². The molecule has 1 atom stereocenters. The smallest absolute Gasteiger partial charge is 0.113 e. The van der Waals surface area contributed by atoms with Gasteiger partial charge in [-0.25, -0.2) is 0 Å². The lowest BCUT2D eigenvalue weighted by Crippen LogP contribution is -2.44. The van der Waals surface area contributed by atoms with Crippen LogP contribution in [0.1, 0.15) is 111 Å². The quantitative estimate of drug-likeness (QED) is 0.298. The van der Waals surface area contributed by atoms with Gasteiger partial charge in [-0.2, -0.15) is 0 Å². The van der Waals surface area contributed by atoms with E-state index >= 15 is 0 Å². The second-order valence-corrected chi connectivity index (χ2v) is 7.04. The average Bonchev–Trinajstić information content (AvgIpc) is 2.42. The van der Waals surface area contributed by atoms with E-state index < -0.39 is 5.72 Å². The molecule has 0 aliphatic heterocycles. The predicted octanol–water partition coefficient (Wildman–Crippen LogP) is 5.77. The van der Waals surface area contributed by atoms with Crippen molar-refractivity contribution in [3.05, 3.63) is 0 Å². The third-order valence-corrected chi connectivity index (χ3v) is 4.64. The number of hydrogen-bond acceptors (Lipinski definition) is 2. The predicted molar refractivity (Wildman–Crippen MR) is 94.3 cm³/mol. The minimum absolute atomic E-state index is 0.273. The van der Waals surface area contributed by atoms with E-state index in [1.54, 1.807) is 6.92 Å². The maximum atomic E-state index is 10.1. The minimum Gasteiger partial charge on any atom is -0.376 e. The summed E-state index contributed by atoms with van der Waals surface area (Å²) >= 11 is 0. The van der Waals surface area contributed by atoms with Crippen LogP contribution in [-0.4, -0.2) is 10.8 Å². The largest absolute Gasteiger partial charge is 0.376 e. The molecular formula is C19H41NO. The summed E-state index contributed by atoms with van der Waals surface area (Å²) in [5.41, 5.74) is 4.97. The molecule has 0 saturated heterocycles. The molecule has 128 valence electrons. The SMILES string of the molecule is CCCCCCCCC(CCCCCCCC)C(C)(N)O. The molecule has 0 aliphatic rings. The van der Waals surface area contributed by atoms with E-state index in [9.17, 15) is 5.11 Å². The van der Waals surface area contributed by atoms with Crippen LogP contribution in [0.3, 0.4) is 0 Å². The van der Waals surface area contributed by atoms with Crippen molar-refractivity contribution in [2.75, 3.05) is 0 Å². The fourth-order valence-electron chi connectivity index (χ4n) is 3.07. The maximum absolute atomic E-state index is 10.1. The normalized spacial score (nSPS) is 14.6. The van der Waals surface area contributed by atoms with Gasteiger partial charge in [-0.3, -0.25) is 0 Å². The Labute approximate surface area is 133 Å². The topological polar surface area (TPSA) is 46.2 Å². The summed E-state index contributed by atoms with van der Waals surface area (Å²) < 4.78 is 0. The van der Waals surface area contributed by atoms with Crippen molar-refractivity contribution in [1.29, 1.82) is 0 Å². The van der Waals surface area contributed by atoms with E-state index in [2.05, 4.69) is 13.8 Å². The highest BCUT2D eigenvalue weighted by Gasteiger charge is 2.26. The number of nitrogens with two attached hydrogens (primary N) is 1. The number of hydrogen-bond donors (Lipinski definition) is 2. The Bertz CT molecular complexity index is 194. The van der Waals surface area contributed by atoms with Gasteiger partial charge in [-0.1, -0.05) is 90.9 Å². The van der Waals surface area contributed by atoms with Crippen molar-refractivity contribution in [3.63, 3.8) is 0 Å². The molecule has 1 unspecified atom stereocenters. The van der Waals surface area contributed by atoms with Crippen molar-refractivity contribution in [1.82, 2.24) is 0 Å². The molecular weight excluding hydrogens is 258 g/mol. The second kappa shape index (κ2) is 13.6. The second-order valence-electron chi connectivity index (χ2n) is 7.04. The van der Waals surface area contributed by atoms with Crippen LogP contribution < -0.4 is 5.73 Å². The van der Waals surface area contributed by atoms with E-state index in [-0.39, 0.29) is 5.92 Å². The first kappa shape index (κ1) is 20.9. The molecule has 0 aliphatic carbocycles. The molecule has 0 radical (unpaired) electrons. The lowest BCUT2D eigenvalue weighted by Gasteiger charge is -2.29. The Morgan fingerprint density at radius 1 is 0.714 bits per heavy atom. The van der Waals surface area contributed by atoms with Gasteiger partial charge in [0.25, 0.3) is 0 Å². The molecule has 2 heteroatoms. The van der Waals surface area contributed by atoms with Gasteiger partial charge in [-0.05, 0) is 19.8 Å². The van der Waals surface area contributed by atoms with Crippen molar-refractivity contribution in [3.8, 4) is 0 Å². The molecule has 0 rings (SSSR count). The molecule has 21 heavy (non-hydrogen) atoms. The first-order chi connectivity index (χ1) is 10.0. The van der Waals surface area contributed by atoms with Gasteiger partial charge in [0, 0.05) is 5.92 Å². The Morgan fingerprint density at radius 2 is 1.05 bits per heavy atom. The molecule has 0 saturated carbocycles. The lowest BCUT2D eigenvalue weighted by molar-refractivity contribution is -0.00458. The Morgan fingerprint density at radius 3 is 1.38 bits per heavy atom. The Hall–Kier alpha value is -0.0800. The fraction of sp³-hybridized carbons (Fsp3) is 1.00. The summed E-state index contributed by atoms with van der Waals surface area (Å²) in [6, 6.07) is 0. The molecule has 0 heterocycles. The van der Waals surface area contributed by atoms with Crippen LogP contribution in [-0.2, 0) is 0 Å². The van der Waals surface area contributed by atoms with Crippen LogP contribution in [0, 0.1) is 5.92 Å². The molecule has 0 amide bonds. The van der Waals surface area contributed by atoms with E-state index in [0.29, 0.717) is 0 Å². The summed E-state index contributed by atoms with van der Waals surface area (Å²) in [7, 11) is 0. The molecule has 0 aromatic carbocycles. The van der Waals surface area contributed by atoms with E-state index in [0.717, 1.165) is 12.8 Å². The minimum atomic E-state index is -0.993. The van der Waals surface area contributed by atoms with Gasteiger partial charge in [0.15, 0.2) is 0 Å². The van der Waals surface area contributed by atoms with Crippen molar-refractivity contribution >= 4 is 0 Å². The summed E-state index contributed by atoms with van der Waals surface area (Å²) in [5, 5.41) is 10.1. The number of aliphatic hydroxyl groups is 1. The standard InChI is InChI=1S/C19H41NO/c1-4-6-8-10-12-14-16-18(19(3,20)21)17-15-13-11-9-7-5-2/h18,21H,4-17,20H2,1-3H3. The summed E-state index contributed by atoms with van der Waals surface area (Å²) in [6.45, 7) is 6.29. The molecule has 0 aromatic rings. The molecule has 0 spiro atoms. The number of rotatable bonds is 15. The molecule has 3 N–H and O–H groups in total. The monoisotopic (exact) mass is 299 g/mol. The first-order valence-corrected chi connectivity index (χ1v) is 9.53. The van der Waals surface area contributed by atoms with Gasteiger partial charge >= 0.3 is 0 Å². The average molecular weight is 300 g/mol. The van der Waals surface area contributed by atoms with Gasteiger partial charge in [0.1, 0.15) is 5.72 Å². The summed E-state index contributed by atoms with van der Waals surface area (Å²) in [5.74, 6) is 0.273. The van der Waals surface area contributed by atoms with Crippen LogP contribution in [0.15, 0.2) is 0 Å². The fourth-order valence-corrected chi connectivity index (χ4v) is 3.07. The van der Waals surface area contributed by atoms with Crippen LogP contribution >= 0.6 is 0 Å². The van der Waals surface area contributed by atoms with Gasteiger partial charge in [0.05, 0.1) is 0 Å². The van der Waals surface area contributed by atoms with Crippen molar-refractivity contribution < 1.29 is 5.11 Å². The zero-order chi connectivity index (χ0) is 16.0. The molecule has 2 nitrogen and oxygen atoms in total. The van der Waals surface area contributed by atoms with Crippen LogP contribution in [0.4, 0.5) is 0 Å². The van der Waals surface area contributed by atoms with Gasteiger partial charge < -0.3 is 10.8 Å². The third-order valence-electron chi connectivity index (χ3n) is 4.64. The molecule has 0 fully saturated rings. The van der Waals surface area contributed by atoms with Crippen LogP contribution in [0.2, 0.25) is 0 Å². The van der Waals surface area contributed by atoms with E-state index in [1.165, 1.54) is 77.0 Å². The lowest BCUT2D eigenvalue weighted by atomic mass is 9.86. The van der Waals surface area contributed by atoms with Crippen molar-refractivity contribution in [2.24, 2.45) is 11.7 Å². The zero-order valence-electron chi connectivity index (χ0n) is 15.0. The highest BCUT2D eigenvalue weighted by atomic mass is 16.3. The van der Waals surface area contributed by atoms with E-state index in [4.69, 9.17) is 5.73 Å². The molecule has 0 bridgehead atoms. The summed E-state index contributed by atoms with van der Waals surface area (Å²) in [4.78, 5) is 0. The third kappa shape index (κ3) is 13.3. The summed E-state index contributed by atoms with van der Waals surface area (Å²) in [6.07, 6.45) is 17.9. The molecule has 0 aromatic heterocycles. The van der Waals surface area contributed by atoms with Gasteiger partial charge in [0.2, 0.25) is 0 Å².